The summed E-state index contributed by atoms with van der Waals surface area (Å²) in [5.41, 5.74) is 3.41. The topological polar surface area (TPSA) is 65.2 Å². The molecule has 0 bridgehead atoms. The minimum absolute atomic E-state index is 0.0903. The molecule has 2 N–H and O–H groups in total. The fraction of sp³-hybridized carbons (Fsp3) is 0.462. The van der Waals surface area contributed by atoms with E-state index in [4.69, 9.17) is 9.98 Å². The van der Waals surface area contributed by atoms with Crippen molar-refractivity contribution in [3.63, 3.8) is 0 Å². The normalized spacial score (nSPS) is 20.1. The monoisotopic (exact) mass is 406 g/mol. The number of rotatable bonds is 6. The third-order valence-electron chi connectivity index (χ3n) is 5.95. The average molecular weight is 407 g/mol. The van der Waals surface area contributed by atoms with E-state index < -0.39 is 0 Å². The lowest BCUT2D eigenvalue weighted by molar-refractivity contribution is 0.390. The first-order valence-corrected chi connectivity index (χ1v) is 11.1. The average Bonchev–Trinajstić information content (AvgIpc) is 2.72. The van der Waals surface area contributed by atoms with E-state index in [1.807, 2.05) is 36.4 Å². The number of aromatic hydroxyl groups is 2. The van der Waals surface area contributed by atoms with E-state index in [-0.39, 0.29) is 23.9 Å². The molecule has 0 aromatic heterocycles. The summed E-state index contributed by atoms with van der Waals surface area (Å²) < 4.78 is 0. The molecule has 2 atom stereocenters. The van der Waals surface area contributed by atoms with Crippen LogP contribution in [-0.2, 0) is 0 Å². The highest BCUT2D eigenvalue weighted by Crippen LogP contribution is 2.30. The number of phenolic OH excluding ortho intramolecular Hbond substituents is 2. The van der Waals surface area contributed by atoms with E-state index in [0.29, 0.717) is 11.5 Å². The minimum atomic E-state index is 0.0903. The van der Waals surface area contributed by atoms with Crippen LogP contribution in [0.2, 0.25) is 0 Å². The molecular formula is C26H34N2O2. The Bertz CT molecular complexity index is 840. The number of nitrogens with zero attached hydrogens (tertiary/aromatic N) is 2. The van der Waals surface area contributed by atoms with Gasteiger partial charge >= 0.3 is 0 Å². The Kier molecular flexibility index (Phi) is 7.30. The van der Waals surface area contributed by atoms with Gasteiger partial charge in [0.2, 0.25) is 0 Å². The molecule has 0 heterocycles. The van der Waals surface area contributed by atoms with E-state index in [1.54, 1.807) is 12.4 Å². The maximum atomic E-state index is 10.6. The van der Waals surface area contributed by atoms with Crippen LogP contribution in [0, 0.1) is 0 Å². The van der Waals surface area contributed by atoms with E-state index in [9.17, 15) is 10.2 Å². The second-order valence-electron chi connectivity index (χ2n) is 8.86. The molecule has 2 aromatic rings. The van der Waals surface area contributed by atoms with Gasteiger partial charge < -0.3 is 10.2 Å². The number of hydrogen-bond donors (Lipinski definition) is 2. The maximum absolute atomic E-state index is 10.6. The Morgan fingerprint density at radius 3 is 1.50 bits per heavy atom. The van der Waals surface area contributed by atoms with Crippen molar-refractivity contribution >= 4 is 12.4 Å². The molecule has 0 saturated heterocycles. The molecule has 2 aromatic carbocycles. The van der Waals surface area contributed by atoms with Crippen molar-refractivity contribution in [3.05, 3.63) is 58.7 Å². The molecule has 160 valence electrons. The summed E-state index contributed by atoms with van der Waals surface area (Å²) in [6, 6.07) is 11.9. The van der Waals surface area contributed by atoms with Crippen LogP contribution in [0.4, 0.5) is 0 Å². The van der Waals surface area contributed by atoms with Crippen molar-refractivity contribution in [2.45, 2.75) is 77.3 Å². The summed E-state index contributed by atoms with van der Waals surface area (Å²) in [6.07, 6.45) is 7.86. The van der Waals surface area contributed by atoms with Crippen LogP contribution in [-0.4, -0.2) is 34.7 Å². The first-order valence-electron chi connectivity index (χ1n) is 11.1. The van der Waals surface area contributed by atoms with Crippen molar-refractivity contribution in [3.8, 4) is 11.5 Å². The molecule has 0 aliphatic heterocycles. The van der Waals surface area contributed by atoms with Gasteiger partial charge in [-0.2, -0.15) is 0 Å². The molecule has 0 spiro atoms. The number of hydrogen-bond acceptors (Lipinski definition) is 4. The van der Waals surface area contributed by atoms with Crippen LogP contribution in [0.25, 0.3) is 0 Å². The lowest BCUT2D eigenvalue weighted by Gasteiger charge is -2.25. The highest BCUT2D eigenvalue weighted by molar-refractivity contribution is 5.85. The van der Waals surface area contributed by atoms with Gasteiger partial charge in [-0.3, -0.25) is 9.98 Å². The van der Waals surface area contributed by atoms with E-state index >= 15 is 0 Å². The third-order valence-corrected chi connectivity index (χ3v) is 5.95. The maximum Gasteiger partial charge on any atom is 0.127 e. The lowest BCUT2D eigenvalue weighted by Crippen LogP contribution is -2.27. The standard InChI is InChI=1S/C26H34N2O2/c1-17(2)21-11-7-9-19(25(21)29)15-27-23-13-5-6-14-24(23)28-16-20-10-8-12-22(18(3)4)26(20)30/h7-12,15-18,23-24,29-30H,5-6,13-14H2,1-4H3. The lowest BCUT2D eigenvalue weighted by atomic mass is 9.91. The predicted molar refractivity (Wildman–Crippen MR) is 126 cm³/mol. The van der Waals surface area contributed by atoms with E-state index in [2.05, 4.69) is 27.7 Å². The summed E-state index contributed by atoms with van der Waals surface area (Å²) in [5.74, 6) is 1.17. The van der Waals surface area contributed by atoms with Crippen molar-refractivity contribution < 1.29 is 10.2 Å². The van der Waals surface area contributed by atoms with Crippen LogP contribution in [0.5, 0.6) is 11.5 Å². The molecule has 2 unspecified atom stereocenters. The van der Waals surface area contributed by atoms with Gasteiger partial charge in [0.05, 0.1) is 12.1 Å². The van der Waals surface area contributed by atoms with Crippen molar-refractivity contribution in [1.82, 2.24) is 0 Å². The Labute approximate surface area is 180 Å². The first kappa shape index (κ1) is 22.1. The fourth-order valence-corrected chi connectivity index (χ4v) is 4.09. The quantitative estimate of drug-likeness (QED) is 0.561. The Morgan fingerprint density at radius 2 is 1.13 bits per heavy atom. The third kappa shape index (κ3) is 5.10. The molecule has 4 heteroatoms. The van der Waals surface area contributed by atoms with Gasteiger partial charge in [0.1, 0.15) is 11.5 Å². The Hall–Kier alpha value is -2.62. The number of benzene rings is 2. The Balaban J connectivity index is 1.80. The molecule has 3 rings (SSSR count). The zero-order valence-electron chi connectivity index (χ0n) is 18.5. The summed E-state index contributed by atoms with van der Waals surface area (Å²) in [7, 11) is 0. The summed E-state index contributed by atoms with van der Waals surface area (Å²) >= 11 is 0. The molecular weight excluding hydrogens is 372 g/mol. The number of aliphatic imine (C=N–C) groups is 2. The largest absolute Gasteiger partial charge is 0.507 e. The van der Waals surface area contributed by atoms with Crippen molar-refractivity contribution in [1.29, 1.82) is 0 Å². The fourth-order valence-electron chi connectivity index (χ4n) is 4.09. The molecule has 4 nitrogen and oxygen atoms in total. The second kappa shape index (κ2) is 9.92. The molecule has 1 aliphatic rings. The minimum Gasteiger partial charge on any atom is -0.507 e. The first-order chi connectivity index (χ1) is 14.4. The van der Waals surface area contributed by atoms with Gasteiger partial charge in [0, 0.05) is 23.6 Å². The van der Waals surface area contributed by atoms with E-state index in [1.165, 1.54) is 0 Å². The summed E-state index contributed by atoms with van der Waals surface area (Å²) in [6.45, 7) is 8.30. The molecule has 0 radical (unpaired) electrons. The van der Waals surface area contributed by atoms with Crippen LogP contribution < -0.4 is 0 Å². The molecule has 30 heavy (non-hydrogen) atoms. The van der Waals surface area contributed by atoms with Crippen molar-refractivity contribution in [2.24, 2.45) is 9.98 Å². The predicted octanol–water partition coefficient (Wildman–Crippen LogP) is 6.19. The van der Waals surface area contributed by atoms with Crippen LogP contribution in [0.15, 0.2) is 46.4 Å². The summed E-state index contributed by atoms with van der Waals surface area (Å²) in [4.78, 5) is 9.63. The van der Waals surface area contributed by atoms with E-state index in [0.717, 1.165) is 47.9 Å². The van der Waals surface area contributed by atoms with Gasteiger partial charge in [-0.05, 0) is 47.9 Å². The zero-order chi connectivity index (χ0) is 21.7. The Morgan fingerprint density at radius 1 is 0.733 bits per heavy atom. The van der Waals surface area contributed by atoms with Crippen LogP contribution in [0.1, 0.15) is 87.5 Å². The van der Waals surface area contributed by atoms with Gasteiger partial charge in [-0.1, -0.05) is 64.8 Å². The van der Waals surface area contributed by atoms with Crippen LogP contribution >= 0.6 is 0 Å². The smallest absolute Gasteiger partial charge is 0.127 e. The van der Waals surface area contributed by atoms with Gasteiger partial charge in [0.25, 0.3) is 0 Å². The number of para-hydroxylation sites is 2. The zero-order valence-corrected chi connectivity index (χ0v) is 18.5. The summed E-state index contributed by atoms with van der Waals surface area (Å²) in [5, 5.41) is 21.1. The second-order valence-corrected chi connectivity index (χ2v) is 8.86. The molecule has 1 saturated carbocycles. The SMILES string of the molecule is CC(C)c1cccc(C=NC2CCCCC2N=Cc2cccc(C(C)C)c2O)c1O. The molecule has 0 amide bonds. The van der Waals surface area contributed by atoms with Crippen molar-refractivity contribution in [2.75, 3.05) is 0 Å². The molecule has 1 fully saturated rings. The number of phenols is 2. The van der Waals surface area contributed by atoms with Gasteiger partial charge in [-0.25, -0.2) is 0 Å². The van der Waals surface area contributed by atoms with Gasteiger partial charge in [0.15, 0.2) is 0 Å². The molecule has 1 aliphatic carbocycles. The van der Waals surface area contributed by atoms with Crippen LogP contribution in [0.3, 0.4) is 0 Å². The highest BCUT2D eigenvalue weighted by Gasteiger charge is 2.23. The highest BCUT2D eigenvalue weighted by atomic mass is 16.3. The van der Waals surface area contributed by atoms with Gasteiger partial charge in [-0.15, -0.1) is 0 Å².